The van der Waals surface area contributed by atoms with Crippen LogP contribution in [0.25, 0.3) is 0 Å². The Balaban J connectivity index is 2.63. The van der Waals surface area contributed by atoms with Crippen LogP contribution in [0.5, 0.6) is 0 Å². The Morgan fingerprint density at radius 2 is 1.36 bits per heavy atom. The molecule has 0 fully saturated rings. The number of hydrogen-bond donors (Lipinski definition) is 6. The van der Waals surface area contributed by atoms with Gasteiger partial charge in [-0.1, -0.05) is 12.1 Å². The molecule has 246 valence electrons. The summed E-state index contributed by atoms with van der Waals surface area (Å²) < 4.78 is 16.1. The Bertz CT molecular complexity index is 1160. The Labute approximate surface area is 257 Å². The van der Waals surface area contributed by atoms with Gasteiger partial charge < -0.3 is 46.9 Å². The number of anilines is 1. The first-order valence-electron chi connectivity index (χ1n) is 14.1. The SMILES string of the molecule is C[C@@H](NC(=O)COC(C)(C)CCOC(C)(C)C)C(=O)N[C@H](C)C(=O)N[C@H](CC(N)=O)C(=O)Nc1ccc(COC(N)=O)cc1. The number of ether oxygens (including phenoxy) is 3. The molecule has 6 amide bonds. The lowest BCUT2D eigenvalue weighted by Crippen LogP contribution is -2.55. The van der Waals surface area contributed by atoms with Gasteiger partial charge in [0.25, 0.3) is 0 Å². The zero-order valence-corrected chi connectivity index (χ0v) is 26.4. The topological polar surface area (TPSA) is 230 Å². The largest absolute Gasteiger partial charge is 0.445 e. The first-order valence-corrected chi connectivity index (χ1v) is 14.1. The van der Waals surface area contributed by atoms with Gasteiger partial charge in [0.05, 0.1) is 17.6 Å². The van der Waals surface area contributed by atoms with Crippen LogP contribution in [0.2, 0.25) is 0 Å². The van der Waals surface area contributed by atoms with Gasteiger partial charge in [0.15, 0.2) is 0 Å². The number of primary amides is 2. The Kier molecular flexibility index (Phi) is 14.7. The molecule has 0 radical (unpaired) electrons. The van der Waals surface area contributed by atoms with Gasteiger partial charge >= 0.3 is 6.09 Å². The highest BCUT2D eigenvalue weighted by atomic mass is 16.5. The molecule has 1 aromatic carbocycles. The number of hydrogen-bond acceptors (Lipinski definition) is 9. The first kappa shape index (κ1) is 37.8. The second-order valence-corrected chi connectivity index (χ2v) is 11.8. The summed E-state index contributed by atoms with van der Waals surface area (Å²) >= 11 is 0. The fraction of sp³-hybridized carbons (Fsp3) is 0.586. The summed E-state index contributed by atoms with van der Waals surface area (Å²) in [6.07, 6.45) is -0.886. The van der Waals surface area contributed by atoms with Crippen LogP contribution < -0.4 is 32.7 Å². The van der Waals surface area contributed by atoms with E-state index in [0.29, 0.717) is 24.3 Å². The molecule has 8 N–H and O–H groups in total. The summed E-state index contributed by atoms with van der Waals surface area (Å²) in [5.41, 5.74) is 10.2. The molecule has 15 nitrogen and oxygen atoms in total. The van der Waals surface area contributed by atoms with Crippen LogP contribution in [-0.2, 0) is 44.8 Å². The molecule has 44 heavy (non-hydrogen) atoms. The molecule has 0 unspecified atom stereocenters. The van der Waals surface area contributed by atoms with Crippen molar-refractivity contribution in [3.05, 3.63) is 29.8 Å². The van der Waals surface area contributed by atoms with Gasteiger partial charge in [0, 0.05) is 12.3 Å². The highest BCUT2D eigenvalue weighted by Gasteiger charge is 2.28. The molecule has 15 heteroatoms. The number of nitrogens with two attached hydrogens (primary N) is 2. The Morgan fingerprint density at radius 3 is 1.91 bits per heavy atom. The average Bonchev–Trinajstić information content (AvgIpc) is 2.89. The zero-order valence-electron chi connectivity index (χ0n) is 26.4. The van der Waals surface area contributed by atoms with E-state index in [2.05, 4.69) is 21.3 Å². The lowest BCUT2D eigenvalue weighted by Gasteiger charge is -2.28. The molecule has 1 rings (SSSR count). The van der Waals surface area contributed by atoms with Crippen LogP contribution in [0.4, 0.5) is 10.5 Å². The number of benzene rings is 1. The number of nitrogens with one attached hydrogen (secondary N) is 4. The van der Waals surface area contributed by atoms with Crippen molar-refractivity contribution in [2.45, 2.75) is 97.2 Å². The maximum absolute atomic E-state index is 12.8. The van der Waals surface area contributed by atoms with E-state index in [1.54, 1.807) is 12.1 Å². The fourth-order valence-corrected chi connectivity index (χ4v) is 3.46. The second-order valence-electron chi connectivity index (χ2n) is 11.8. The van der Waals surface area contributed by atoms with E-state index in [9.17, 15) is 28.8 Å². The van der Waals surface area contributed by atoms with E-state index < -0.39 is 65.8 Å². The molecular formula is C29H46N6O9. The predicted octanol–water partition coefficient (Wildman–Crippen LogP) is 0.590. The van der Waals surface area contributed by atoms with Gasteiger partial charge in [0.1, 0.15) is 31.3 Å². The molecule has 0 saturated carbocycles. The molecule has 1 aromatic rings. The third-order valence-electron chi connectivity index (χ3n) is 6.00. The minimum atomic E-state index is -1.34. The van der Waals surface area contributed by atoms with Gasteiger partial charge in [-0.25, -0.2) is 4.79 Å². The summed E-state index contributed by atoms with van der Waals surface area (Å²) in [4.78, 5) is 72.9. The molecule has 3 atom stereocenters. The minimum absolute atomic E-state index is 0.0601. The van der Waals surface area contributed by atoms with E-state index in [0.717, 1.165) is 0 Å². The van der Waals surface area contributed by atoms with Gasteiger partial charge in [-0.05, 0) is 72.6 Å². The van der Waals surface area contributed by atoms with Gasteiger partial charge in [-0.15, -0.1) is 0 Å². The van der Waals surface area contributed by atoms with Crippen molar-refractivity contribution in [3.8, 4) is 0 Å². The lowest BCUT2D eigenvalue weighted by molar-refractivity contribution is -0.137. The van der Waals surface area contributed by atoms with Crippen LogP contribution in [0.15, 0.2) is 24.3 Å². The Morgan fingerprint density at radius 1 is 0.795 bits per heavy atom. The summed E-state index contributed by atoms with van der Waals surface area (Å²) in [5, 5.41) is 9.93. The minimum Gasteiger partial charge on any atom is -0.445 e. The zero-order chi connectivity index (χ0) is 33.7. The molecule has 0 saturated heterocycles. The quantitative estimate of drug-likeness (QED) is 0.143. The van der Waals surface area contributed by atoms with Gasteiger partial charge in [0.2, 0.25) is 29.5 Å². The standard InChI is InChI=1S/C29H46N6O9/c1-17(32-23(37)16-44-29(6,7)12-13-43-28(3,4)5)24(38)33-18(2)25(39)35-21(14-22(30)36)26(40)34-20-10-8-19(9-11-20)15-42-27(31)41/h8-11,17-18,21H,12-16H2,1-7H3,(H2,30,36)(H2,31,41)(H,32,37)(H,33,38)(H,34,40)(H,35,39)/t17-,18-,21-/m1/s1. The number of rotatable bonds is 17. The third-order valence-corrected chi connectivity index (χ3v) is 6.00. The lowest BCUT2D eigenvalue weighted by atomic mass is 10.1. The fourth-order valence-electron chi connectivity index (χ4n) is 3.46. The molecule has 0 spiro atoms. The first-order chi connectivity index (χ1) is 20.3. The maximum Gasteiger partial charge on any atom is 0.404 e. The van der Waals surface area contributed by atoms with Crippen molar-refractivity contribution in [2.75, 3.05) is 18.5 Å². The molecular weight excluding hydrogens is 576 g/mol. The molecule has 0 aromatic heterocycles. The van der Waals surface area contributed by atoms with Crippen LogP contribution in [0.1, 0.15) is 66.9 Å². The monoisotopic (exact) mass is 622 g/mol. The average molecular weight is 623 g/mol. The smallest absolute Gasteiger partial charge is 0.404 e. The van der Waals surface area contributed by atoms with E-state index in [1.165, 1.54) is 26.0 Å². The van der Waals surface area contributed by atoms with Crippen molar-refractivity contribution >= 4 is 41.3 Å². The number of amides is 6. The van der Waals surface area contributed by atoms with Crippen molar-refractivity contribution in [1.82, 2.24) is 16.0 Å². The van der Waals surface area contributed by atoms with E-state index in [1.807, 2.05) is 34.6 Å². The number of carbonyl (C=O) groups excluding carboxylic acids is 6. The van der Waals surface area contributed by atoms with Gasteiger partial charge in [-0.3, -0.25) is 24.0 Å². The maximum atomic E-state index is 12.8. The normalized spacial score (nSPS) is 13.5. The van der Waals surface area contributed by atoms with Crippen molar-refractivity contribution in [2.24, 2.45) is 11.5 Å². The van der Waals surface area contributed by atoms with Crippen LogP contribution in [0.3, 0.4) is 0 Å². The summed E-state index contributed by atoms with van der Waals surface area (Å²) in [5.74, 6) is -3.52. The van der Waals surface area contributed by atoms with Crippen LogP contribution >= 0.6 is 0 Å². The highest BCUT2D eigenvalue weighted by molar-refractivity contribution is 6.00. The third kappa shape index (κ3) is 15.8. The predicted molar refractivity (Wildman–Crippen MR) is 161 cm³/mol. The van der Waals surface area contributed by atoms with E-state index >= 15 is 0 Å². The summed E-state index contributed by atoms with van der Waals surface area (Å²) in [6, 6.07) is 2.72. The highest BCUT2D eigenvalue weighted by Crippen LogP contribution is 2.17. The molecule has 0 bridgehead atoms. The van der Waals surface area contributed by atoms with E-state index in [-0.39, 0.29) is 18.8 Å². The molecule has 0 aliphatic rings. The summed E-state index contributed by atoms with van der Waals surface area (Å²) in [6.45, 7) is 12.4. The van der Waals surface area contributed by atoms with Crippen LogP contribution in [-0.4, -0.2) is 78.2 Å². The number of carbonyl (C=O) groups is 6. The summed E-state index contributed by atoms with van der Waals surface area (Å²) in [7, 11) is 0. The molecule has 0 aliphatic heterocycles. The van der Waals surface area contributed by atoms with E-state index in [4.69, 9.17) is 25.7 Å². The van der Waals surface area contributed by atoms with Crippen LogP contribution in [0, 0.1) is 0 Å². The van der Waals surface area contributed by atoms with Crippen molar-refractivity contribution < 1.29 is 43.0 Å². The second kappa shape index (κ2) is 17.2. The molecule has 0 aliphatic carbocycles. The van der Waals surface area contributed by atoms with Crippen molar-refractivity contribution in [1.29, 1.82) is 0 Å². The Hall–Kier alpha value is -4.24. The van der Waals surface area contributed by atoms with Gasteiger partial charge in [-0.2, -0.15) is 0 Å². The van der Waals surface area contributed by atoms with Crippen molar-refractivity contribution in [3.63, 3.8) is 0 Å². The molecule has 0 heterocycles.